The predicted octanol–water partition coefficient (Wildman–Crippen LogP) is 3.30. The van der Waals surface area contributed by atoms with Gasteiger partial charge in [0.2, 0.25) is 0 Å². The van der Waals surface area contributed by atoms with Crippen LogP contribution in [0.3, 0.4) is 0 Å². The van der Waals surface area contributed by atoms with E-state index in [-0.39, 0.29) is 0 Å². The zero-order valence-corrected chi connectivity index (χ0v) is 12.8. The van der Waals surface area contributed by atoms with E-state index in [1.54, 1.807) is 47.5 Å². The van der Waals surface area contributed by atoms with Crippen molar-refractivity contribution in [3.63, 3.8) is 0 Å². The van der Waals surface area contributed by atoms with E-state index < -0.39 is 0 Å². The van der Waals surface area contributed by atoms with E-state index in [9.17, 15) is 0 Å². The van der Waals surface area contributed by atoms with Crippen molar-refractivity contribution in [3.05, 3.63) is 61.5 Å². The first-order valence-electron chi connectivity index (χ1n) is 5.95. The van der Waals surface area contributed by atoms with Crippen molar-refractivity contribution in [1.29, 1.82) is 0 Å². The highest BCUT2D eigenvalue weighted by molar-refractivity contribution is 7.76. The highest BCUT2D eigenvalue weighted by Gasteiger charge is 2.11. The Morgan fingerprint density at radius 3 is 1.55 bits per heavy atom. The summed E-state index contributed by atoms with van der Waals surface area (Å²) in [5, 5.41) is 0. The number of hydrogen-bond donors (Lipinski definition) is 0. The summed E-state index contributed by atoms with van der Waals surface area (Å²) in [6, 6.07) is 3.63. The molecule has 0 unspecified atom stereocenters. The van der Waals surface area contributed by atoms with Gasteiger partial charge in [0.05, 0.1) is 0 Å². The van der Waals surface area contributed by atoms with Gasteiger partial charge in [-0.25, -0.2) is 19.9 Å². The lowest BCUT2D eigenvalue weighted by Gasteiger charge is -2.01. The standard InChI is InChI=1S/C13H10N4S3/c18-13-19-9(7-11-14-3-1-4-15-11)10(20-13)8-12-16-5-2-6-17-12/h1-6H,7-8H2. The molecule has 0 aliphatic carbocycles. The summed E-state index contributed by atoms with van der Waals surface area (Å²) in [6.07, 6.45) is 8.45. The molecule has 3 rings (SSSR count). The lowest BCUT2D eigenvalue weighted by atomic mass is 10.2. The topological polar surface area (TPSA) is 51.6 Å². The molecule has 3 heterocycles. The molecule has 0 N–H and O–H groups in total. The monoisotopic (exact) mass is 318 g/mol. The van der Waals surface area contributed by atoms with Crippen LogP contribution in [-0.2, 0) is 12.8 Å². The van der Waals surface area contributed by atoms with Crippen LogP contribution in [0.4, 0.5) is 0 Å². The molecule has 0 aliphatic heterocycles. The third kappa shape index (κ3) is 3.30. The van der Waals surface area contributed by atoms with E-state index in [2.05, 4.69) is 19.9 Å². The van der Waals surface area contributed by atoms with Gasteiger partial charge >= 0.3 is 0 Å². The van der Waals surface area contributed by atoms with E-state index in [1.807, 2.05) is 12.1 Å². The van der Waals surface area contributed by atoms with Gasteiger partial charge in [0.25, 0.3) is 0 Å². The predicted molar refractivity (Wildman–Crippen MR) is 82.7 cm³/mol. The lowest BCUT2D eigenvalue weighted by molar-refractivity contribution is 0.946. The summed E-state index contributed by atoms with van der Waals surface area (Å²) in [5.41, 5.74) is 0. The van der Waals surface area contributed by atoms with Gasteiger partial charge in [0.15, 0.2) is 0 Å². The van der Waals surface area contributed by atoms with E-state index in [1.165, 1.54) is 9.75 Å². The first kappa shape index (κ1) is 13.4. The largest absolute Gasteiger partial charge is 0.241 e. The molecule has 7 heteroatoms. The summed E-state index contributed by atoms with van der Waals surface area (Å²) in [7, 11) is 0. The lowest BCUT2D eigenvalue weighted by Crippen LogP contribution is -1.98. The normalized spacial score (nSPS) is 10.6. The maximum Gasteiger partial charge on any atom is 0.144 e. The van der Waals surface area contributed by atoms with Crippen molar-refractivity contribution in [2.24, 2.45) is 0 Å². The van der Waals surface area contributed by atoms with Crippen molar-refractivity contribution in [2.75, 3.05) is 0 Å². The van der Waals surface area contributed by atoms with Crippen LogP contribution in [0.1, 0.15) is 21.4 Å². The maximum absolute atomic E-state index is 5.31. The van der Waals surface area contributed by atoms with Crippen LogP contribution in [0, 0.1) is 3.14 Å². The van der Waals surface area contributed by atoms with E-state index >= 15 is 0 Å². The van der Waals surface area contributed by atoms with Gasteiger partial charge in [-0.3, -0.25) is 0 Å². The zero-order valence-electron chi connectivity index (χ0n) is 10.4. The molecule has 4 nitrogen and oxygen atoms in total. The quantitative estimate of drug-likeness (QED) is 0.691. The molecule has 0 aliphatic rings. The van der Waals surface area contributed by atoms with Gasteiger partial charge < -0.3 is 0 Å². The Labute approximate surface area is 129 Å². The average molecular weight is 318 g/mol. The molecule has 0 aromatic carbocycles. The fourth-order valence-corrected chi connectivity index (χ4v) is 4.54. The minimum atomic E-state index is 0.709. The highest BCUT2D eigenvalue weighted by atomic mass is 32.2. The second kappa shape index (κ2) is 6.25. The number of aromatic nitrogens is 4. The molecular weight excluding hydrogens is 308 g/mol. The Morgan fingerprint density at radius 2 is 1.15 bits per heavy atom. The maximum atomic E-state index is 5.31. The Bertz CT molecular complexity index is 675. The van der Waals surface area contributed by atoms with Crippen LogP contribution >= 0.6 is 34.9 Å². The minimum absolute atomic E-state index is 0.709. The molecule has 0 saturated carbocycles. The summed E-state index contributed by atoms with van der Waals surface area (Å²) in [5.74, 6) is 1.62. The first-order valence-corrected chi connectivity index (χ1v) is 7.99. The molecular formula is C13H10N4S3. The van der Waals surface area contributed by atoms with E-state index in [4.69, 9.17) is 12.2 Å². The Hall–Kier alpha value is -1.57. The SMILES string of the molecule is S=c1sc(Cc2ncccn2)c(Cc2ncccn2)s1. The van der Waals surface area contributed by atoms with Gasteiger partial charge in [-0.1, -0.05) is 12.2 Å². The Kier molecular flexibility index (Phi) is 4.19. The summed E-state index contributed by atoms with van der Waals surface area (Å²) in [6.45, 7) is 0. The summed E-state index contributed by atoms with van der Waals surface area (Å²) in [4.78, 5) is 19.5. The van der Waals surface area contributed by atoms with Crippen LogP contribution < -0.4 is 0 Å². The number of nitrogens with zero attached hydrogens (tertiary/aromatic N) is 4. The molecule has 100 valence electrons. The fourth-order valence-electron chi connectivity index (χ4n) is 1.73. The second-order valence-electron chi connectivity index (χ2n) is 3.98. The van der Waals surface area contributed by atoms with Crippen molar-refractivity contribution in [2.45, 2.75) is 12.8 Å². The second-order valence-corrected chi connectivity index (χ2v) is 7.38. The highest BCUT2D eigenvalue weighted by Crippen LogP contribution is 2.28. The zero-order chi connectivity index (χ0) is 13.8. The molecule has 0 bridgehead atoms. The van der Waals surface area contributed by atoms with Gasteiger partial charge in [0, 0.05) is 47.4 Å². The van der Waals surface area contributed by atoms with Gasteiger partial charge in [-0.05, 0) is 12.1 Å². The van der Waals surface area contributed by atoms with Crippen LogP contribution in [0.25, 0.3) is 0 Å². The molecule has 0 saturated heterocycles. The van der Waals surface area contributed by atoms with Crippen LogP contribution in [0.2, 0.25) is 0 Å². The van der Waals surface area contributed by atoms with Crippen molar-refractivity contribution >= 4 is 34.9 Å². The number of hydrogen-bond acceptors (Lipinski definition) is 7. The fraction of sp³-hybridized carbons (Fsp3) is 0.154. The summed E-state index contributed by atoms with van der Waals surface area (Å²) < 4.78 is 0.918. The van der Waals surface area contributed by atoms with Crippen molar-refractivity contribution in [1.82, 2.24) is 19.9 Å². The third-order valence-corrected chi connectivity index (χ3v) is 5.34. The smallest absolute Gasteiger partial charge is 0.144 e. The van der Waals surface area contributed by atoms with Crippen molar-refractivity contribution < 1.29 is 0 Å². The Balaban J connectivity index is 1.87. The Morgan fingerprint density at radius 1 is 0.750 bits per heavy atom. The third-order valence-electron chi connectivity index (χ3n) is 2.60. The summed E-state index contributed by atoms with van der Waals surface area (Å²) >= 11 is 8.56. The molecule has 0 fully saturated rings. The number of rotatable bonds is 4. The van der Waals surface area contributed by atoms with Crippen LogP contribution in [0.5, 0.6) is 0 Å². The molecule has 20 heavy (non-hydrogen) atoms. The molecule has 0 atom stereocenters. The van der Waals surface area contributed by atoms with Gasteiger partial charge in [0.1, 0.15) is 14.8 Å². The molecule has 3 aromatic heterocycles. The minimum Gasteiger partial charge on any atom is -0.241 e. The van der Waals surface area contributed by atoms with Gasteiger partial charge in [-0.2, -0.15) is 0 Å². The van der Waals surface area contributed by atoms with Crippen LogP contribution in [-0.4, -0.2) is 19.9 Å². The first-order chi connectivity index (χ1) is 9.81. The van der Waals surface area contributed by atoms with E-state index in [0.717, 1.165) is 14.8 Å². The van der Waals surface area contributed by atoms with E-state index in [0.29, 0.717) is 12.8 Å². The average Bonchev–Trinajstić information content (AvgIpc) is 2.81. The molecule has 0 spiro atoms. The van der Waals surface area contributed by atoms with Gasteiger partial charge in [-0.15, -0.1) is 22.7 Å². The molecule has 0 radical (unpaired) electrons. The van der Waals surface area contributed by atoms with Crippen LogP contribution in [0.15, 0.2) is 36.9 Å². The molecule has 0 amide bonds. The van der Waals surface area contributed by atoms with Crippen molar-refractivity contribution in [3.8, 4) is 0 Å². The molecule has 3 aromatic rings.